The summed E-state index contributed by atoms with van der Waals surface area (Å²) in [6.07, 6.45) is 7.25. The highest BCUT2D eigenvalue weighted by molar-refractivity contribution is 5.98. The van der Waals surface area contributed by atoms with E-state index >= 15 is 0 Å². The zero-order chi connectivity index (χ0) is 9.10. The molecule has 0 N–H and O–H groups in total. The van der Waals surface area contributed by atoms with Crippen LogP contribution in [-0.4, -0.2) is 5.78 Å². The highest BCUT2D eigenvalue weighted by Crippen LogP contribution is 2.20. The fraction of sp³-hybridized carbons (Fsp3) is 0.0833. The normalized spacial score (nSPS) is 20.6. The molecule has 0 radical (unpaired) electrons. The zero-order valence-electron chi connectivity index (χ0n) is 7.18. The van der Waals surface area contributed by atoms with Gasteiger partial charge in [0.1, 0.15) is 0 Å². The molecule has 2 rings (SSSR count). The van der Waals surface area contributed by atoms with Gasteiger partial charge in [-0.3, -0.25) is 4.79 Å². The van der Waals surface area contributed by atoms with Crippen molar-refractivity contribution in [1.82, 2.24) is 0 Å². The minimum absolute atomic E-state index is 0.0776. The predicted octanol–water partition coefficient (Wildman–Crippen LogP) is 2.47. The van der Waals surface area contributed by atoms with Crippen molar-refractivity contribution in [3.8, 4) is 0 Å². The first-order chi connectivity index (χ1) is 6.38. The lowest BCUT2D eigenvalue weighted by atomic mass is 9.92. The molecule has 0 saturated carbocycles. The van der Waals surface area contributed by atoms with Crippen molar-refractivity contribution in [2.45, 2.75) is 5.92 Å². The number of hydrogen-bond acceptors (Lipinski definition) is 1. The number of rotatable bonds is 1. The highest BCUT2D eigenvalue weighted by atomic mass is 16.1. The Hall–Kier alpha value is -1.63. The molecular weight excluding hydrogens is 160 g/mol. The molecule has 1 atom stereocenters. The molecule has 0 spiro atoms. The molecule has 1 aliphatic rings. The van der Waals surface area contributed by atoms with Gasteiger partial charge in [-0.1, -0.05) is 48.6 Å². The van der Waals surface area contributed by atoms with Crippen LogP contribution in [0.3, 0.4) is 0 Å². The second kappa shape index (κ2) is 3.40. The van der Waals surface area contributed by atoms with Crippen LogP contribution in [-0.2, 0) is 4.79 Å². The number of carbonyl (C=O) groups is 1. The molecule has 0 bridgehead atoms. The second-order valence-corrected chi connectivity index (χ2v) is 3.03. The smallest absolute Gasteiger partial charge is 0.166 e. The first kappa shape index (κ1) is 7.99. The second-order valence-electron chi connectivity index (χ2n) is 3.03. The minimum atomic E-state index is -0.0776. The SMILES string of the molecule is O=C1C=CC=CC1c1ccccc1. The van der Waals surface area contributed by atoms with Crippen molar-refractivity contribution in [1.29, 1.82) is 0 Å². The molecule has 0 heterocycles. The van der Waals surface area contributed by atoms with E-state index in [4.69, 9.17) is 0 Å². The van der Waals surface area contributed by atoms with Crippen LogP contribution in [0, 0.1) is 0 Å². The van der Waals surface area contributed by atoms with Crippen LogP contribution in [0.5, 0.6) is 0 Å². The zero-order valence-corrected chi connectivity index (χ0v) is 7.18. The summed E-state index contributed by atoms with van der Waals surface area (Å²) in [6, 6.07) is 9.82. The monoisotopic (exact) mass is 170 g/mol. The van der Waals surface area contributed by atoms with Gasteiger partial charge >= 0.3 is 0 Å². The van der Waals surface area contributed by atoms with E-state index in [0.717, 1.165) is 5.56 Å². The maximum atomic E-state index is 11.5. The number of ketones is 1. The average Bonchev–Trinajstić information content (AvgIpc) is 2.20. The van der Waals surface area contributed by atoms with Crippen LogP contribution in [0.4, 0.5) is 0 Å². The summed E-state index contributed by atoms with van der Waals surface area (Å²) in [5.41, 5.74) is 1.06. The third-order valence-electron chi connectivity index (χ3n) is 2.14. The summed E-state index contributed by atoms with van der Waals surface area (Å²) in [5, 5.41) is 0. The van der Waals surface area contributed by atoms with Gasteiger partial charge in [0.05, 0.1) is 5.92 Å². The van der Waals surface area contributed by atoms with Crippen molar-refractivity contribution in [2.24, 2.45) is 0 Å². The van der Waals surface area contributed by atoms with E-state index in [9.17, 15) is 4.79 Å². The average molecular weight is 170 g/mol. The molecule has 0 aromatic heterocycles. The Morgan fingerprint density at radius 3 is 2.46 bits per heavy atom. The van der Waals surface area contributed by atoms with E-state index in [0.29, 0.717) is 0 Å². The van der Waals surface area contributed by atoms with Crippen LogP contribution in [0.15, 0.2) is 54.6 Å². The molecule has 1 heteroatoms. The molecule has 0 amide bonds. The molecule has 1 nitrogen and oxygen atoms in total. The largest absolute Gasteiger partial charge is 0.294 e. The molecule has 1 unspecified atom stereocenters. The molecule has 0 saturated heterocycles. The van der Waals surface area contributed by atoms with E-state index in [1.807, 2.05) is 42.5 Å². The molecule has 13 heavy (non-hydrogen) atoms. The fourth-order valence-corrected chi connectivity index (χ4v) is 1.46. The van der Waals surface area contributed by atoms with Crippen LogP contribution in [0.1, 0.15) is 11.5 Å². The van der Waals surface area contributed by atoms with Gasteiger partial charge < -0.3 is 0 Å². The third kappa shape index (κ3) is 1.59. The van der Waals surface area contributed by atoms with Gasteiger partial charge in [-0.2, -0.15) is 0 Å². The quantitative estimate of drug-likeness (QED) is 0.632. The van der Waals surface area contributed by atoms with E-state index in [1.165, 1.54) is 0 Å². The lowest BCUT2D eigenvalue weighted by Crippen LogP contribution is -2.09. The molecule has 0 fully saturated rings. The van der Waals surface area contributed by atoms with Gasteiger partial charge in [0.15, 0.2) is 5.78 Å². The number of carbonyl (C=O) groups excluding carboxylic acids is 1. The van der Waals surface area contributed by atoms with Crippen LogP contribution in [0.2, 0.25) is 0 Å². The topological polar surface area (TPSA) is 17.1 Å². The van der Waals surface area contributed by atoms with E-state index in [-0.39, 0.29) is 11.7 Å². The van der Waals surface area contributed by atoms with Crippen molar-refractivity contribution >= 4 is 5.78 Å². The first-order valence-corrected chi connectivity index (χ1v) is 4.31. The standard InChI is InChI=1S/C12H10O/c13-12-9-5-4-8-11(12)10-6-2-1-3-7-10/h1-9,11H. The van der Waals surface area contributed by atoms with Crippen molar-refractivity contribution in [3.05, 3.63) is 60.2 Å². The summed E-state index contributed by atoms with van der Waals surface area (Å²) in [7, 11) is 0. The Labute approximate surface area is 77.4 Å². The Morgan fingerprint density at radius 1 is 1.00 bits per heavy atom. The van der Waals surface area contributed by atoms with Crippen molar-refractivity contribution < 1.29 is 4.79 Å². The number of allylic oxidation sites excluding steroid dienone is 4. The number of benzene rings is 1. The van der Waals surface area contributed by atoms with Gasteiger partial charge in [-0.15, -0.1) is 0 Å². The van der Waals surface area contributed by atoms with Crippen LogP contribution in [0.25, 0.3) is 0 Å². The predicted molar refractivity (Wildman–Crippen MR) is 52.5 cm³/mol. The fourth-order valence-electron chi connectivity index (χ4n) is 1.46. The Morgan fingerprint density at radius 2 is 1.77 bits per heavy atom. The third-order valence-corrected chi connectivity index (χ3v) is 2.14. The Kier molecular flexibility index (Phi) is 2.09. The molecule has 0 aliphatic heterocycles. The van der Waals surface area contributed by atoms with Gasteiger partial charge in [-0.25, -0.2) is 0 Å². The van der Waals surface area contributed by atoms with Crippen LogP contribution < -0.4 is 0 Å². The summed E-state index contributed by atoms with van der Waals surface area (Å²) >= 11 is 0. The molecule has 1 aromatic rings. The Bertz CT molecular complexity index is 360. The summed E-state index contributed by atoms with van der Waals surface area (Å²) in [4.78, 5) is 11.5. The summed E-state index contributed by atoms with van der Waals surface area (Å²) in [5.74, 6) is 0.0832. The molecule has 64 valence electrons. The van der Waals surface area contributed by atoms with E-state index in [1.54, 1.807) is 12.2 Å². The molecule has 1 aliphatic carbocycles. The maximum Gasteiger partial charge on any atom is 0.166 e. The van der Waals surface area contributed by atoms with Crippen LogP contribution >= 0.6 is 0 Å². The summed E-state index contributed by atoms with van der Waals surface area (Å²) < 4.78 is 0. The first-order valence-electron chi connectivity index (χ1n) is 4.31. The lowest BCUT2D eigenvalue weighted by molar-refractivity contribution is -0.115. The maximum absolute atomic E-state index is 11.5. The minimum Gasteiger partial charge on any atom is -0.294 e. The van der Waals surface area contributed by atoms with Crippen molar-refractivity contribution in [3.63, 3.8) is 0 Å². The van der Waals surface area contributed by atoms with Gasteiger partial charge in [0.25, 0.3) is 0 Å². The lowest BCUT2D eigenvalue weighted by Gasteiger charge is -2.11. The van der Waals surface area contributed by atoms with Gasteiger partial charge in [0.2, 0.25) is 0 Å². The van der Waals surface area contributed by atoms with Crippen molar-refractivity contribution in [2.75, 3.05) is 0 Å². The molecule has 1 aromatic carbocycles. The summed E-state index contributed by atoms with van der Waals surface area (Å²) in [6.45, 7) is 0. The van der Waals surface area contributed by atoms with E-state index in [2.05, 4.69) is 0 Å². The van der Waals surface area contributed by atoms with Gasteiger partial charge in [-0.05, 0) is 11.6 Å². The van der Waals surface area contributed by atoms with E-state index < -0.39 is 0 Å². The Balaban J connectivity index is 2.32. The van der Waals surface area contributed by atoms with Gasteiger partial charge in [0, 0.05) is 0 Å². The number of hydrogen-bond donors (Lipinski definition) is 0. The highest BCUT2D eigenvalue weighted by Gasteiger charge is 2.15. The molecular formula is C12H10O.